The molecule has 2 aromatic carbocycles. The summed E-state index contributed by atoms with van der Waals surface area (Å²) in [5.74, 6) is 0.613. The molecule has 2 aromatic heterocycles. The standard InChI is InChI=1S/C24H32B7N5O3S/c1-33-10-12-2-4-13(5-3-12)17-9-19(39-36-17)20-21(32)34-11-18(35-20)15-7-6-14(8-16(15)25)40(37,38)22(23(26,27)28)24(29,30)31/h2-9,11,22,33H,10,25-31H2,1H3,(H2,32,34). The van der Waals surface area contributed by atoms with Gasteiger partial charge in [0.05, 0.1) is 63.9 Å². The Morgan fingerprint density at radius 1 is 0.975 bits per heavy atom. The monoisotopic (exact) mass is 547 g/mol. The SMILES string of the molecule is Bc1cc(S(=O)(=O)C(C(B)(B)B)C(B)(B)B)ccc1-c1cnc(N)c(-c2cc(-c3ccc(CNC)cc3)no2)n1. The van der Waals surface area contributed by atoms with E-state index >= 15 is 0 Å². The van der Waals surface area contributed by atoms with Crippen LogP contribution in [0.1, 0.15) is 5.56 Å². The molecule has 0 saturated heterocycles. The number of anilines is 1. The number of nitrogens with two attached hydrogens (primary N) is 1. The maximum atomic E-state index is 13.8. The first-order chi connectivity index (χ1) is 18.6. The van der Waals surface area contributed by atoms with Crippen molar-refractivity contribution in [3.05, 3.63) is 60.3 Å². The number of hydrogen-bond acceptors (Lipinski definition) is 8. The molecule has 0 bridgehead atoms. The molecular weight excluding hydrogens is 514 g/mol. The Morgan fingerprint density at radius 3 is 2.20 bits per heavy atom. The lowest BCUT2D eigenvalue weighted by atomic mass is 9.29. The molecule has 2 heterocycles. The van der Waals surface area contributed by atoms with Crippen LogP contribution in [0.15, 0.2) is 64.1 Å². The first-order valence-corrected chi connectivity index (χ1v) is 14.9. The number of aromatic nitrogens is 3. The van der Waals surface area contributed by atoms with Crippen LogP contribution in [0.3, 0.4) is 0 Å². The van der Waals surface area contributed by atoms with Gasteiger partial charge in [-0.15, -0.1) is 0 Å². The first-order valence-electron chi connectivity index (χ1n) is 13.3. The molecule has 4 rings (SSSR count). The number of rotatable bonds is 9. The molecule has 4 aromatic rings. The van der Waals surface area contributed by atoms with E-state index in [0.717, 1.165) is 23.1 Å². The van der Waals surface area contributed by atoms with Gasteiger partial charge < -0.3 is 15.6 Å². The van der Waals surface area contributed by atoms with Gasteiger partial charge in [-0.3, -0.25) is 0 Å². The van der Waals surface area contributed by atoms with Crippen molar-refractivity contribution in [2.75, 3.05) is 12.8 Å². The maximum absolute atomic E-state index is 13.8. The Labute approximate surface area is 242 Å². The van der Waals surface area contributed by atoms with E-state index in [1.807, 2.05) is 86.2 Å². The quantitative estimate of drug-likeness (QED) is 0.205. The van der Waals surface area contributed by atoms with Gasteiger partial charge in [-0.25, -0.2) is 18.4 Å². The van der Waals surface area contributed by atoms with Gasteiger partial charge in [-0.2, -0.15) is 0 Å². The van der Waals surface area contributed by atoms with Crippen molar-refractivity contribution in [1.82, 2.24) is 20.4 Å². The minimum absolute atomic E-state index is 0.214. The fraction of sp³-hybridized carbons (Fsp3) is 0.208. The summed E-state index contributed by atoms with van der Waals surface area (Å²) in [6.45, 7) is 0.781. The van der Waals surface area contributed by atoms with Gasteiger partial charge in [0.1, 0.15) is 13.5 Å². The van der Waals surface area contributed by atoms with Crippen molar-refractivity contribution in [1.29, 1.82) is 0 Å². The molecule has 8 nitrogen and oxygen atoms in total. The van der Waals surface area contributed by atoms with Crippen LogP contribution in [0.2, 0.25) is 10.2 Å². The molecule has 0 amide bonds. The van der Waals surface area contributed by atoms with Crippen molar-refractivity contribution in [2.45, 2.75) is 26.9 Å². The van der Waals surface area contributed by atoms with E-state index in [0.29, 0.717) is 27.7 Å². The van der Waals surface area contributed by atoms with Crippen LogP contribution in [0.25, 0.3) is 34.0 Å². The summed E-state index contributed by atoms with van der Waals surface area (Å²) in [6.07, 6.45) is 1.58. The normalized spacial score (nSPS) is 12.6. The lowest BCUT2D eigenvalue weighted by Crippen LogP contribution is -2.47. The van der Waals surface area contributed by atoms with Crippen molar-refractivity contribution in [2.24, 2.45) is 0 Å². The average Bonchev–Trinajstić information content (AvgIpc) is 3.33. The Kier molecular flexibility index (Phi) is 8.25. The Hall–Kier alpha value is -3.11. The van der Waals surface area contributed by atoms with E-state index in [1.165, 1.54) is 5.56 Å². The highest BCUT2D eigenvalue weighted by Gasteiger charge is 2.44. The van der Waals surface area contributed by atoms with Gasteiger partial charge in [-0.05, 0) is 30.3 Å². The second-order valence-corrected chi connectivity index (χ2v) is 14.5. The average molecular weight is 546 g/mol. The first kappa shape index (κ1) is 29.9. The highest BCUT2D eigenvalue weighted by molar-refractivity contribution is 7.92. The van der Waals surface area contributed by atoms with E-state index in [-0.39, 0.29) is 5.82 Å². The Morgan fingerprint density at radius 2 is 1.62 bits per heavy atom. The highest BCUT2D eigenvalue weighted by Crippen LogP contribution is 2.40. The summed E-state index contributed by atoms with van der Waals surface area (Å²) in [7, 11) is 12.0. The minimum atomic E-state index is -3.61. The lowest BCUT2D eigenvalue weighted by Gasteiger charge is -2.40. The summed E-state index contributed by atoms with van der Waals surface area (Å²) >= 11 is 0. The predicted molar refractivity (Wildman–Crippen MR) is 181 cm³/mol. The third kappa shape index (κ3) is 6.13. The Bertz CT molecular complexity index is 1620. The third-order valence-corrected chi connectivity index (χ3v) is 9.81. The molecular formula is C24H32B7N5O3S. The van der Waals surface area contributed by atoms with Crippen LogP contribution < -0.4 is 16.5 Å². The zero-order valence-corrected chi connectivity index (χ0v) is 25.3. The summed E-state index contributed by atoms with van der Waals surface area (Å²) < 4.78 is 33.2. The molecule has 40 heavy (non-hydrogen) atoms. The van der Waals surface area contributed by atoms with E-state index < -0.39 is 25.3 Å². The molecule has 198 valence electrons. The van der Waals surface area contributed by atoms with Gasteiger partial charge in [0.15, 0.2) is 27.1 Å². The van der Waals surface area contributed by atoms with Crippen LogP contribution in [-0.2, 0) is 16.4 Å². The number of nitrogens with one attached hydrogen (secondary N) is 1. The van der Waals surface area contributed by atoms with Gasteiger partial charge in [-0.1, -0.05) is 51.2 Å². The fourth-order valence-corrected chi connectivity index (χ4v) is 8.43. The number of benzene rings is 2. The van der Waals surface area contributed by atoms with Gasteiger partial charge in [0.2, 0.25) is 0 Å². The zero-order valence-electron chi connectivity index (χ0n) is 24.5. The van der Waals surface area contributed by atoms with Crippen LogP contribution in [-0.4, -0.2) is 90.8 Å². The molecule has 0 fully saturated rings. The van der Waals surface area contributed by atoms with Crippen molar-refractivity contribution in [3.63, 3.8) is 0 Å². The molecule has 0 aliphatic heterocycles. The van der Waals surface area contributed by atoms with Gasteiger partial charge in [0, 0.05) is 23.4 Å². The molecule has 16 heteroatoms. The second kappa shape index (κ2) is 11.0. The number of sulfone groups is 1. The molecule has 0 spiro atoms. The number of nitrogens with zero attached hydrogens (tertiary/aromatic N) is 3. The zero-order chi connectivity index (χ0) is 29.5. The molecule has 0 saturated carbocycles. The van der Waals surface area contributed by atoms with E-state index in [4.69, 9.17) is 15.2 Å². The Balaban J connectivity index is 1.68. The summed E-state index contributed by atoms with van der Waals surface area (Å²) in [4.78, 5) is 9.40. The smallest absolute Gasteiger partial charge is 0.189 e. The third-order valence-electron chi connectivity index (χ3n) is 6.86. The molecule has 3 N–H and O–H groups in total. The van der Waals surface area contributed by atoms with E-state index in [1.54, 1.807) is 30.5 Å². The van der Waals surface area contributed by atoms with Crippen molar-refractivity contribution < 1.29 is 12.9 Å². The molecule has 0 radical (unpaired) electrons. The van der Waals surface area contributed by atoms with E-state index in [9.17, 15) is 8.42 Å². The van der Waals surface area contributed by atoms with E-state index in [2.05, 4.69) is 15.5 Å². The van der Waals surface area contributed by atoms with Crippen LogP contribution in [0.5, 0.6) is 0 Å². The van der Waals surface area contributed by atoms with Crippen molar-refractivity contribution in [3.8, 4) is 34.0 Å². The number of nitrogen functional groups attached to an aromatic ring is 1. The number of hydrogen-bond donors (Lipinski definition) is 2. The fourth-order valence-electron chi connectivity index (χ4n) is 5.70. The van der Waals surface area contributed by atoms with Crippen LogP contribution >= 0.6 is 0 Å². The maximum Gasteiger partial charge on any atom is 0.189 e. The van der Waals surface area contributed by atoms with Crippen LogP contribution in [0, 0.1) is 0 Å². The molecule has 0 atom stereocenters. The topological polar surface area (TPSA) is 124 Å². The lowest BCUT2D eigenvalue weighted by molar-refractivity contribution is 0.434. The summed E-state index contributed by atoms with van der Waals surface area (Å²) in [6, 6.07) is 15.0. The molecule has 0 aliphatic rings. The predicted octanol–water partition coefficient (Wildman–Crippen LogP) is -3.89. The highest BCUT2D eigenvalue weighted by atomic mass is 32.2. The second-order valence-electron chi connectivity index (χ2n) is 12.4. The van der Waals surface area contributed by atoms with Gasteiger partial charge >= 0.3 is 0 Å². The largest absolute Gasteiger partial charge is 0.382 e. The van der Waals surface area contributed by atoms with Crippen molar-refractivity contribution >= 4 is 76.0 Å². The minimum Gasteiger partial charge on any atom is -0.382 e. The summed E-state index contributed by atoms with van der Waals surface area (Å²) in [5, 5.41) is 5.90. The molecule has 0 aliphatic carbocycles. The van der Waals surface area contributed by atoms with Gasteiger partial charge in [0.25, 0.3) is 0 Å². The molecule has 0 unspecified atom stereocenters. The van der Waals surface area contributed by atoms with Crippen LogP contribution in [0.4, 0.5) is 5.82 Å². The summed E-state index contributed by atoms with van der Waals surface area (Å²) in [5.41, 5.74) is 11.4.